The monoisotopic (exact) mass is 434 g/mol. The standard InChI is InChI=1S/C27H30O5/c1-18(2)9-8-10-19(3)13-14-21-24(31-17-30-4)16-25-26(27(21)29)22(28)15-23(32-25)20-11-6-5-7-12-20/h5-7,9,11-13,15-16,29H,8,10,14,17H2,1-4H3/b19-13+. The molecule has 3 aromatic rings. The molecule has 0 saturated heterocycles. The van der Waals surface area contributed by atoms with Gasteiger partial charge in [0.2, 0.25) is 0 Å². The third-order valence-electron chi connectivity index (χ3n) is 5.19. The molecular formula is C27H30O5. The zero-order valence-electron chi connectivity index (χ0n) is 19.1. The molecule has 0 bridgehead atoms. The smallest absolute Gasteiger partial charge is 0.197 e. The van der Waals surface area contributed by atoms with Crippen molar-refractivity contribution in [1.82, 2.24) is 0 Å². The molecule has 32 heavy (non-hydrogen) atoms. The molecule has 5 heteroatoms. The number of phenols is 1. The second kappa shape index (κ2) is 10.8. The van der Waals surface area contributed by atoms with Crippen molar-refractivity contribution in [2.24, 2.45) is 0 Å². The molecule has 0 aliphatic carbocycles. The predicted octanol–water partition coefficient (Wildman–Crippen LogP) is 6.38. The molecule has 5 nitrogen and oxygen atoms in total. The largest absolute Gasteiger partial charge is 0.507 e. The summed E-state index contributed by atoms with van der Waals surface area (Å²) in [5.41, 5.74) is 3.78. The van der Waals surface area contributed by atoms with Crippen LogP contribution in [0.3, 0.4) is 0 Å². The summed E-state index contributed by atoms with van der Waals surface area (Å²) >= 11 is 0. The molecule has 3 rings (SSSR count). The van der Waals surface area contributed by atoms with E-state index in [4.69, 9.17) is 13.9 Å². The highest BCUT2D eigenvalue weighted by molar-refractivity contribution is 5.88. The molecule has 0 saturated carbocycles. The van der Waals surface area contributed by atoms with Crippen molar-refractivity contribution in [1.29, 1.82) is 0 Å². The van der Waals surface area contributed by atoms with Crippen LogP contribution in [0.2, 0.25) is 0 Å². The van der Waals surface area contributed by atoms with Crippen molar-refractivity contribution in [3.63, 3.8) is 0 Å². The minimum absolute atomic E-state index is 0.0177. The van der Waals surface area contributed by atoms with Crippen LogP contribution in [0.4, 0.5) is 0 Å². The first-order chi connectivity index (χ1) is 15.4. The Balaban J connectivity index is 2.03. The number of benzene rings is 2. The van der Waals surface area contributed by atoms with Crippen molar-refractivity contribution < 1.29 is 19.0 Å². The molecule has 0 amide bonds. The van der Waals surface area contributed by atoms with Gasteiger partial charge in [0.25, 0.3) is 0 Å². The minimum atomic E-state index is -0.300. The summed E-state index contributed by atoms with van der Waals surface area (Å²) in [5.74, 6) is 0.747. The topological polar surface area (TPSA) is 68.9 Å². The Kier molecular flexibility index (Phi) is 7.90. The maximum absolute atomic E-state index is 12.9. The zero-order chi connectivity index (χ0) is 23.1. The highest BCUT2D eigenvalue weighted by atomic mass is 16.7. The van der Waals surface area contributed by atoms with Crippen molar-refractivity contribution >= 4 is 11.0 Å². The SMILES string of the molecule is COCOc1cc2oc(-c3ccccc3)cc(=O)c2c(O)c1C/C=C(\C)CCC=C(C)C. The summed E-state index contributed by atoms with van der Waals surface area (Å²) in [6.45, 7) is 6.25. The normalized spacial score (nSPS) is 11.6. The van der Waals surface area contributed by atoms with Gasteiger partial charge < -0.3 is 19.0 Å². The third-order valence-corrected chi connectivity index (χ3v) is 5.19. The van der Waals surface area contributed by atoms with Crippen LogP contribution in [-0.4, -0.2) is 19.0 Å². The van der Waals surface area contributed by atoms with Crippen LogP contribution < -0.4 is 10.2 Å². The van der Waals surface area contributed by atoms with Crippen molar-refractivity contribution in [2.75, 3.05) is 13.9 Å². The lowest BCUT2D eigenvalue weighted by Crippen LogP contribution is -2.06. The summed E-state index contributed by atoms with van der Waals surface area (Å²) in [5, 5.41) is 11.2. The summed E-state index contributed by atoms with van der Waals surface area (Å²) in [6.07, 6.45) is 6.58. The Bertz CT molecular complexity index is 1180. The maximum Gasteiger partial charge on any atom is 0.197 e. The molecule has 1 aromatic heterocycles. The average molecular weight is 435 g/mol. The fraction of sp³-hybridized carbons (Fsp3) is 0.296. The van der Waals surface area contributed by atoms with Crippen LogP contribution in [0.5, 0.6) is 11.5 Å². The van der Waals surface area contributed by atoms with Gasteiger partial charge in [-0.25, -0.2) is 0 Å². The van der Waals surface area contributed by atoms with E-state index >= 15 is 0 Å². The number of hydrogen-bond donors (Lipinski definition) is 1. The first-order valence-corrected chi connectivity index (χ1v) is 10.7. The Hall–Kier alpha value is -3.31. The zero-order valence-corrected chi connectivity index (χ0v) is 19.1. The molecule has 2 aromatic carbocycles. The van der Waals surface area contributed by atoms with E-state index in [0.717, 1.165) is 18.4 Å². The Morgan fingerprint density at radius 2 is 1.84 bits per heavy atom. The molecule has 0 radical (unpaired) electrons. The van der Waals surface area contributed by atoms with Crippen molar-refractivity contribution in [3.8, 4) is 22.8 Å². The van der Waals surface area contributed by atoms with Gasteiger partial charge in [-0.3, -0.25) is 4.79 Å². The van der Waals surface area contributed by atoms with Gasteiger partial charge in [-0.15, -0.1) is 0 Å². The number of rotatable bonds is 9. The number of ether oxygens (including phenoxy) is 2. The predicted molar refractivity (Wildman–Crippen MR) is 128 cm³/mol. The highest BCUT2D eigenvalue weighted by Gasteiger charge is 2.19. The van der Waals surface area contributed by atoms with E-state index in [0.29, 0.717) is 23.5 Å². The molecule has 0 aliphatic rings. The van der Waals surface area contributed by atoms with E-state index in [1.54, 1.807) is 6.07 Å². The molecular weight excluding hydrogens is 404 g/mol. The number of allylic oxidation sites excluding steroid dienone is 4. The van der Waals surface area contributed by atoms with Crippen molar-refractivity contribution in [2.45, 2.75) is 40.0 Å². The number of fused-ring (bicyclic) bond motifs is 1. The van der Waals surface area contributed by atoms with E-state index in [1.807, 2.05) is 30.3 Å². The van der Waals surface area contributed by atoms with Gasteiger partial charge in [-0.2, -0.15) is 0 Å². The fourth-order valence-electron chi connectivity index (χ4n) is 3.48. The number of phenolic OH excluding ortho intramolecular Hbond substituents is 1. The van der Waals surface area contributed by atoms with Gasteiger partial charge in [-0.1, -0.05) is 53.6 Å². The molecule has 0 spiro atoms. The summed E-state index contributed by atoms with van der Waals surface area (Å²) in [7, 11) is 1.53. The van der Waals surface area contributed by atoms with Crippen LogP contribution in [0.15, 0.2) is 75.0 Å². The van der Waals surface area contributed by atoms with Crippen LogP contribution in [-0.2, 0) is 11.2 Å². The van der Waals surface area contributed by atoms with Crippen LogP contribution in [0.25, 0.3) is 22.3 Å². The Labute approximate surface area is 188 Å². The lowest BCUT2D eigenvalue weighted by atomic mass is 10.0. The average Bonchev–Trinajstić information content (AvgIpc) is 2.77. The van der Waals surface area contributed by atoms with Crippen LogP contribution in [0, 0.1) is 0 Å². The van der Waals surface area contributed by atoms with Crippen molar-refractivity contribution in [3.05, 3.63) is 81.5 Å². The number of hydrogen-bond acceptors (Lipinski definition) is 5. The fourth-order valence-corrected chi connectivity index (χ4v) is 3.48. The third kappa shape index (κ3) is 5.68. The molecule has 0 atom stereocenters. The number of aromatic hydroxyl groups is 1. The van der Waals surface area contributed by atoms with Gasteiger partial charge in [-0.05, 0) is 40.0 Å². The van der Waals surface area contributed by atoms with Gasteiger partial charge >= 0.3 is 0 Å². The lowest BCUT2D eigenvalue weighted by molar-refractivity contribution is 0.0504. The quantitative estimate of drug-likeness (QED) is 0.312. The highest BCUT2D eigenvalue weighted by Crippen LogP contribution is 2.37. The second-order valence-electron chi connectivity index (χ2n) is 8.04. The van der Waals surface area contributed by atoms with E-state index in [2.05, 4.69) is 32.9 Å². The summed E-state index contributed by atoms with van der Waals surface area (Å²) in [6, 6.07) is 12.4. The first kappa shape index (κ1) is 23.4. The van der Waals surface area contributed by atoms with Gasteiger partial charge in [0.05, 0.1) is 0 Å². The lowest BCUT2D eigenvalue weighted by Gasteiger charge is -2.14. The molecule has 168 valence electrons. The first-order valence-electron chi connectivity index (χ1n) is 10.7. The van der Waals surface area contributed by atoms with Gasteiger partial charge in [0.15, 0.2) is 12.2 Å². The summed E-state index contributed by atoms with van der Waals surface area (Å²) in [4.78, 5) is 12.9. The molecule has 0 unspecified atom stereocenters. The second-order valence-corrected chi connectivity index (χ2v) is 8.04. The molecule has 1 N–H and O–H groups in total. The maximum atomic E-state index is 12.9. The van der Waals surface area contributed by atoms with Gasteiger partial charge in [0.1, 0.15) is 28.2 Å². The van der Waals surface area contributed by atoms with Crippen LogP contribution in [0.1, 0.15) is 39.2 Å². The minimum Gasteiger partial charge on any atom is -0.507 e. The Morgan fingerprint density at radius 3 is 2.53 bits per heavy atom. The number of methoxy groups -OCH3 is 1. The van der Waals surface area contributed by atoms with Gasteiger partial charge in [0, 0.05) is 30.4 Å². The van der Waals surface area contributed by atoms with E-state index in [9.17, 15) is 9.90 Å². The summed E-state index contributed by atoms with van der Waals surface area (Å²) < 4.78 is 16.8. The van der Waals surface area contributed by atoms with E-state index in [-0.39, 0.29) is 28.9 Å². The van der Waals surface area contributed by atoms with Crippen LogP contribution >= 0.6 is 0 Å². The molecule has 0 fully saturated rings. The van der Waals surface area contributed by atoms with E-state index in [1.165, 1.54) is 24.3 Å². The Morgan fingerprint density at radius 1 is 1.09 bits per heavy atom. The molecule has 1 heterocycles. The molecule has 0 aliphatic heterocycles. The van der Waals surface area contributed by atoms with E-state index < -0.39 is 0 Å².